The van der Waals surface area contributed by atoms with E-state index in [1.165, 1.54) is 122 Å². The number of benzene rings is 1. The first-order valence-corrected chi connectivity index (χ1v) is 15.7. The zero-order chi connectivity index (χ0) is 26.3. The number of carboxylic acids is 1. The molecule has 36 heavy (non-hydrogen) atoms. The molecule has 3 nitrogen and oxygen atoms in total. The molecule has 3 heteroatoms. The Bertz CT molecular complexity index is 667. The van der Waals surface area contributed by atoms with Crippen molar-refractivity contribution in [2.45, 2.75) is 168 Å². The van der Waals surface area contributed by atoms with Gasteiger partial charge in [-0.25, -0.2) is 4.79 Å². The predicted molar refractivity (Wildman–Crippen MR) is 155 cm³/mol. The normalized spacial score (nSPS) is 11.3. The Morgan fingerprint density at radius 1 is 0.556 bits per heavy atom. The van der Waals surface area contributed by atoms with E-state index in [4.69, 9.17) is 0 Å². The SMILES string of the molecule is CCCCCCCCCCCCCc1ccc(C(=O)O)c(O)c1CCCCCCCCCCCCC. The smallest absolute Gasteiger partial charge is 0.339 e. The minimum absolute atomic E-state index is 0.00940. The van der Waals surface area contributed by atoms with Crippen LogP contribution in [0.4, 0.5) is 0 Å². The highest BCUT2D eigenvalue weighted by Crippen LogP contribution is 2.29. The monoisotopic (exact) mass is 502 g/mol. The van der Waals surface area contributed by atoms with Gasteiger partial charge in [-0.3, -0.25) is 0 Å². The summed E-state index contributed by atoms with van der Waals surface area (Å²) in [7, 11) is 0. The first-order chi connectivity index (χ1) is 17.6. The summed E-state index contributed by atoms with van der Waals surface area (Å²) in [5, 5.41) is 20.2. The number of hydrogen-bond acceptors (Lipinski definition) is 2. The molecule has 0 aliphatic carbocycles. The molecule has 0 heterocycles. The zero-order valence-electron chi connectivity index (χ0n) is 23.9. The first kappa shape index (κ1) is 32.5. The van der Waals surface area contributed by atoms with Gasteiger partial charge in [-0.15, -0.1) is 0 Å². The highest BCUT2D eigenvalue weighted by Gasteiger charge is 2.16. The largest absolute Gasteiger partial charge is 0.507 e. The number of phenols is 1. The Balaban J connectivity index is 2.31. The van der Waals surface area contributed by atoms with E-state index in [1.54, 1.807) is 6.07 Å². The molecule has 0 spiro atoms. The number of unbranched alkanes of at least 4 members (excludes halogenated alkanes) is 20. The second-order valence-corrected chi connectivity index (χ2v) is 11.0. The fourth-order valence-corrected chi connectivity index (χ4v) is 5.31. The van der Waals surface area contributed by atoms with Gasteiger partial charge in [-0.1, -0.05) is 148 Å². The van der Waals surface area contributed by atoms with Crippen molar-refractivity contribution in [1.82, 2.24) is 0 Å². The van der Waals surface area contributed by atoms with Gasteiger partial charge >= 0.3 is 5.97 Å². The molecular weight excluding hydrogens is 444 g/mol. The topological polar surface area (TPSA) is 57.5 Å². The third-order valence-corrected chi connectivity index (χ3v) is 7.69. The maximum absolute atomic E-state index is 11.5. The van der Waals surface area contributed by atoms with Crippen LogP contribution in [0.25, 0.3) is 0 Å². The van der Waals surface area contributed by atoms with Crippen molar-refractivity contribution in [3.8, 4) is 5.75 Å². The van der Waals surface area contributed by atoms with Gasteiger partial charge in [0, 0.05) is 0 Å². The van der Waals surface area contributed by atoms with Crippen LogP contribution in [0, 0.1) is 0 Å². The van der Waals surface area contributed by atoms with E-state index in [0.29, 0.717) is 0 Å². The molecule has 1 aromatic rings. The minimum Gasteiger partial charge on any atom is -0.507 e. The lowest BCUT2D eigenvalue weighted by Gasteiger charge is -2.14. The Morgan fingerprint density at radius 2 is 0.917 bits per heavy atom. The average molecular weight is 503 g/mol. The number of aryl methyl sites for hydroxylation is 1. The van der Waals surface area contributed by atoms with Gasteiger partial charge in [0.25, 0.3) is 0 Å². The van der Waals surface area contributed by atoms with Gasteiger partial charge in [0.1, 0.15) is 11.3 Å². The van der Waals surface area contributed by atoms with Crippen molar-refractivity contribution < 1.29 is 15.0 Å². The molecule has 0 unspecified atom stereocenters. The van der Waals surface area contributed by atoms with Crippen molar-refractivity contribution in [3.63, 3.8) is 0 Å². The molecule has 0 aliphatic rings. The fourth-order valence-electron chi connectivity index (χ4n) is 5.31. The highest BCUT2D eigenvalue weighted by molar-refractivity contribution is 5.91. The Labute approximate surface area is 223 Å². The van der Waals surface area contributed by atoms with Gasteiger partial charge in [0.2, 0.25) is 0 Å². The van der Waals surface area contributed by atoms with E-state index < -0.39 is 5.97 Å². The first-order valence-electron chi connectivity index (χ1n) is 15.7. The molecule has 0 bridgehead atoms. The predicted octanol–water partition coefficient (Wildman–Crippen LogP) is 10.8. The van der Waals surface area contributed by atoms with E-state index in [1.807, 2.05) is 6.07 Å². The molecule has 0 atom stereocenters. The lowest BCUT2D eigenvalue weighted by atomic mass is 9.93. The van der Waals surface area contributed by atoms with Crippen molar-refractivity contribution in [2.24, 2.45) is 0 Å². The van der Waals surface area contributed by atoms with Crippen LogP contribution in [0.5, 0.6) is 5.75 Å². The molecule has 0 fully saturated rings. The summed E-state index contributed by atoms with van der Waals surface area (Å²) in [4.78, 5) is 11.5. The van der Waals surface area contributed by atoms with E-state index in [-0.39, 0.29) is 11.3 Å². The summed E-state index contributed by atoms with van der Waals surface area (Å²) in [5.41, 5.74) is 2.09. The Hall–Kier alpha value is -1.51. The van der Waals surface area contributed by atoms with Crippen LogP contribution in [-0.2, 0) is 12.8 Å². The summed E-state index contributed by atoms with van der Waals surface area (Å²) >= 11 is 0. The van der Waals surface area contributed by atoms with Gasteiger partial charge in [-0.05, 0) is 42.9 Å². The summed E-state index contributed by atoms with van der Waals surface area (Å²) in [6.07, 6.45) is 30.5. The summed E-state index contributed by atoms with van der Waals surface area (Å²) < 4.78 is 0. The van der Waals surface area contributed by atoms with Crippen LogP contribution in [-0.4, -0.2) is 16.2 Å². The maximum atomic E-state index is 11.5. The third-order valence-electron chi connectivity index (χ3n) is 7.69. The zero-order valence-corrected chi connectivity index (χ0v) is 23.9. The van der Waals surface area contributed by atoms with Crippen LogP contribution < -0.4 is 0 Å². The van der Waals surface area contributed by atoms with E-state index in [2.05, 4.69) is 13.8 Å². The molecule has 1 aromatic carbocycles. The molecule has 0 aliphatic heterocycles. The fraction of sp³-hybridized carbons (Fsp3) is 0.788. The van der Waals surface area contributed by atoms with Gasteiger partial charge in [0.05, 0.1) is 0 Å². The van der Waals surface area contributed by atoms with Gasteiger partial charge in [-0.2, -0.15) is 0 Å². The highest BCUT2D eigenvalue weighted by atomic mass is 16.4. The standard InChI is InChI=1S/C33H58O3/c1-3-5-7-9-11-13-15-17-19-21-23-25-29-27-28-31(33(35)36)32(34)30(29)26-24-22-20-18-16-14-12-10-8-6-4-2/h27-28,34H,3-26H2,1-2H3,(H,35,36). The number of aromatic hydroxyl groups is 1. The molecule has 0 amide bonds. The quantitative estimate of drug-likeness (QED) is 0.131. The average Bonchev–Trinajstić information content (AvgIpc) is 2.86. The van der Waals surface area contributed by atoms with Crippen molar-refractivity contribution in [2.75, 3.05) is 0 Å². The van der Waals surface area contributed by atoms with Crippen LogP contribution in [0.2, 0.25) is 0 Å². The maximum Gasteiger partial charge on any atom is 0.339 e. The summed E-state index contributed by atoms with van der Waals surface area (Å²) in [6, 6.07) is 3.54. The number of carbonyl (C=O) groups is 1. The molecule has 0 radical (unpaired) electrons. The molecule has 208 valence electrons. The van der Waals surface area contributed by atoms with Crippen LogP contribution >= 0.6 is 0 Å². The summed E-state index contributed by atoms with van der Waals surface area (Å²) in [5.74, 6) is -1.02. The van der Waals surface area contributed by atoms with Gasteiger partial charge in [0.15, 0.2) is 0 Å². The van der Waals surface area contributed by atoms with E-state index >= 15 is 0 Å². The van der Waals surface area contributed by atoms with Crippen molar-refractivity contribution >= 4 is 5.97 Å². The number of rotatable bonds is 25. The van der Waals surface area contributed by atoms with Crippen LogP contribution in [0.3, 0.4) is 0 Å². The molecular formula is C33H58O3. The van der Waals surface area contributed by atoms with E-state index in [9.17, 15) is 15.0 Å². The minimum atomic E-state index is -1.03. The molecule has 2 N–H and O–H groups in total. The molecule has 0 saturated carbocycles. The lowest BCUT2D eigenvalue weighted by molar-refractivity contribution is 0.0693. The summed E-state index contributed by atoms with van der Waals surface area (Å²) in [6.45, 7) is 4.53. The Kier molecular flexibility index (Phi) is 20.5. The number of hydrogen-bond donors (Lipinski definition) is 2. The molecule has 0 saturated heterocycles. The molecule has 0 aromatic heterocycles. The third kappa shape index (κ3) is 15.6. The second-order valence-electron chi connectivity index (χ2n) is 11.0. The second kappa shape index (κ2) is 22.7. The van der Waals surface area contributed by atoms with Crippen LogP contribution in [0.1, 0.15) is 177 Å². The Morgan fingerprint density at radius 3 is 1.31 bits per heavy atom. The van der Waals surface area contributed by atoms with Crippen LogP contribution in [0.15, 0.2) is 12.1 Å². The number of aromatic carboxylic acids is 1. The lowest BCUT2D eigenvalue weighted by Crippen LogP contribution is -2.03. The number of carboxylic acid groups (broad SMARTS) is 1. The molecule has 1 rings (SSSR count). The van der Waals surface area contributed by atoms with Crippen molar-refractivity contribution in [1.29, 1.82) is 0 Å². The van der Waals surface area contributed by atoms with Gasteiger partial charge < -0.3 is 10.2 Å². The van der Waals surface area contributed by atoms with Crippen molar-refractivity contribution in [3.05, 3.63) is 28.8 Å². The van der Waals surface area contributed by atoms with E-state index in [0.717, 1.165) is 43.2 Å².